The highest BCUT2D eigenvalue weighted by atomic mass is 31.1. The van der Waals surface area contributed by atoms with E-state index in [4.69, 9.17) is 53.1 Å². The molecule has 0 aliphatic carbocycles. The molecule has 0 bridgehead atoms. The lowest BCUT2D eigenvalue weighted by atomic mass is 9.51. The molecule has 0 saturated carbocycles. The van der Waals surface area contributed by atoms with Gasteiger partial charge in [-0.2, -0.15) is 0 Å². The van der Waals surface area contributed by atoms with Gasteiger partial charge in [0.2, 0.25) is 0 Å². The number of rotatable bonds is 16. The molecule has 13 heteroatoms. The van der Waals surface area contributed by atoms with Crippen LogP contribution in [0.3, 0.4) is 0 Å². The first-order valence-electron chi connectivity index (χ1n) is 15.8. The van der Waals surface area contributed by atoms with Gasteiger partial charge in [-0.1, -0.05) is 54.6 Å². The normalized spacial score (nSPS) is 24.7. The largest absolute Gasteiger partial charge is 0.697 e. The van der Waals surface area contributed by atoms with Gasteiger partial charge in [-0.25, -0.2) is 0 Å². The standard InChI is InChI=1S/C34H40B3O9P/c1-22(2)43-28-18-32(35)44-31(28)21-42-47(38)46-29-19-33(37-36)45-30(29)20-41-34(23-8-6-5-7-9-23,24-10-14-26(39-3)15-11-24)25-12-16-27(40-4)17-13-25/h5-17,22,28-33H,18-21H2,1-4H3/q+1/t28?,29?,30-,31-,32-,33-/m1/s1. The summed E-state index contributed by atoms with van der Waals surface area (Å²) in [5.74, 6) is 1.44. The van der Waals surface area contributed by atoms with Gasteiger partial charge in [-0.3, -0.25) is 0 Å². The van der Waals surface area contributed by atoms with Crippen molar-refractivity contribution in [2.24, 2.45) is 0 Å². The lowest BCUT2D eigenvalue weighted by Crippen LogP contribution is -2.38. The maximum atomic E-state index is 13.1. The summed E-state index contributed by atoms with van der Waals surface area (Å²) in [5, 5.41) is 0. The Morgan fingerprint density at radius 3 is 1.96 bits per heavy atom. The molecule has 5 radical (unpaired) electrons. The zero-order valence-corrected chi connectivity index (χ0v) is 28.1. The molecule has 0 aromatic heterocycles. The van der Waals surface area contributed by atoms with E-state index >= 15 is 0 Å². The van der Waals surface area contributed by atoms with Crippen molar-refractivity contribution in [3.63, 3.8) is 0 Å². The number of methoxy groups -OCH3 is 2. The minimum absolute atomic E-state index is 0.00747. The van der Waals surface area contributed by atoms with Crippen LogP contribution >= 0.6 is 8.25 Å². The smallest absolute Gasteiger partial charge is 0.497 e. The molecule has 9 nitrogen and oxygen atoms in total. The number of benzene rings is 3. The Morgan fingerprint density at radius 2 is 1.40 bits per heavy atom. The summed E-state index contributed by atoms with van der Waals surface area (Å²) >= 11 is 0. The van der Waals surface area contributed by atoms with Crippen molar-refractivity contribution in [2.45, 2.75) is 74.8 Å². The molecule has 7 atom stereocenters. The van der Waals surface area contributed by atoms with Gasteiger partial charge in [-0.15, -0.1) is 9.05 Å². The van der Waals surface area contributed by atoms with Crippen LogP contribution in [0.4, 0.5) is 0 Å². The third-order valence-corrected chi connectivity index (χ3v) is 9.13. The van der Waals surface area contributed by atoms with Crippen molar-refractivity contribution in [2.75, 3.05) is 27.4 Å². The second-order valence-electron chi connectivity index (χ2n) is 11.8. The molecule has 243 valence electrons. The molecule has 2 fully saturated rings. The highest BCUT2D eigenvalue weighted by Crippen LogP contribution is 2.43. The van der Waals surface area contributed by atoms with Crippen LogP contribution in [0.25, 0.3) is 0 Å². The van der Waals surface area contributed by atoms with Gasteiger partial charge in [0.1, 0.15) is 49.9 Å². The average molecular weight is 656 g/mol. The molecule has 47 heavy (non-hydrogen) atoms. The van der Waals surface area contributed by atoms with E-state index in [2.05, 4.69) is 0 Å². The van der Waals surface area contributed by atoms with Crippen LogP contribution in [-0.2, 0) is 38.2 Å². The van der Waals surface area contributed by atoms with Gasteiger partial charge in [-0.05, 0) is 67.6 Å². The van der Waals surface area contributed by atoms with E-state index in [-0.39, 0.29) is 25.4 Å². The Labute approximate surface area is 281 Å². The van der Waals surface area contributed by atoms with E-state index in [1.54, 1.807) is 14.2 Å². The number of hydrogen-bond donors (Lipinski definition) is 0. The van der Waals surface area contributed by atoms with Gasteiger partial charge in [0.05, 0.1) is 40.2 Å². The lowest BCUT2D eigenvalue weighted by Gasteiger charge is -2.37. The van der Waals surface area contributed by atoms with E-state index < -0.39 is 44.2 Å². The van der Waals surface area contributed by atoms with Crippen molar-refractivity contribution >= 4 is 31.0 Å². The molecule has 5 rings (SSSR count). The Hall–Kier alpha value is -2.69. The molecule has 2 aliphatic rings. The maximum Gasteiger partial charge on any atom is 0.697 e. The third kappa shape index (κ3) is 8.68. The van der Waals surface area contributed by atoms with E-state index in [9.17, 15) is 4.57 Å². The zero-order valence-electron chi connectivity index (χ0n) is 27.2. The first kappa shape index (κ1) is 35.6. The first-order valence-corrected chi connectivity index (χ1v) is 16.9. The monoisotopic (exact) mass is 656 g/mol. The van der Waals surface area contributed by atoms with Crippen LogP contribution in [0.15, 0.2) is 78.9 Å². The van der Waals surface area contributed by atoms with Crippen LogP contribution in [0, 0.1) is 0 Å². The summed E-state index contributed by atoms with van der Waals surface area (Å²) in [6.07, 6.45) is -1.07. The van der Waals surface area contributed by atoms with Crippen molar-refractivity contribution < 1.29 is 42.0 Å². The van der Waals surface area contributed by atoms with Crippen molar-refractivity contribution in [1.29, 1.82) is 0 Å². The molecule has 3 aromatic carbocycles. The van der Waals surface area contributed by atoms with Gasteiger partial charge in [0.25, 0.3) is 0 Å². The molecular formula is C34H40B3O9P+. The van der Waals surface area contributed by atoms with Gasteiger partial charge >= 0.3 is 8.25 Å². The topological polar surface area (TPSA) is 90.9 Å². The summed E-state index contributed by atoms with van der Waals surface area (Å²) in [4.78, 5) is 0. The minimum Gasteiger partial charge on any atom is -0.497 e. The molecule has 2 aliphatic heterocycles. The summed E-state index contributed by atoms with van der Waals surface area (Å²) in [7, 11) is 14.1. The van der Waals surface area contributed by atoms with Crippen LogP contribution in [-0.4, -0.2) is 92.7 Å². The summed E-state index contributed by atoms with van der Waals surface area (Å²) in [6, 6.07) is 24.6. The molecule has 2 heterocycles. The van der Waals surface area contributed by atoms with Crippen LogP contribution < -0.4 is 9.47 Å². The fourth-order valence-electron chi connectivity index (χ4n) is 6.07. The molecule has 3 aromatic rings. The minimum atomic E-state index is -2.54. The van der Waals surface area contributed by atoms with Crippen LogP contribution in [0.1, 0.15) is 43.4 Å². The molecular weight excluding hydrogens is 616 g/mol. The Morgan fingerprint density at radius 1 is 0.830 bits per heavy atom. The average Bonchev–Trinajstić information content (AvgIpc) is 3.65. The Bertz CT molecular complexity index is 1370. The van der Waals surface area contributed by atoms with Crippen molar-refractivity contribution in [1.82, 2.24) is 0 Å². The second-order valence-corrected chi connectivity index (χ2v) is 12.7. The molecule has 2 saturated heterocycles. The predicted octanol–water partition coefficient (Wildman–Crippen LogP) is 5.05. The zero-order chi connectivity index (χ0) is 33.4. The van der Waals surface area contributed by atoms with Gasteiger partial charge < -0.3 is 28.4 Å². The molecule has 0 amide bonds. The van der Waals surface area contributed by atoms with Crippen LogP contribution in [0.5, 0.6) is 11.5 Å². The maximum absolute atomic E-state index is 13.1. The van der Waals surface area contributed by atoms with E-state index in [1.165, 1.54) is 7.17 Å². The highest BCUT2D eigenvalue weighted by molar-refractivity contribution is 7.33. The Balaban J connectivity index is 1.38. The first-order chi connectivity index (χ1) is 22.7. The van der Waals surface area contributed by atoms with Crippen LogP contribution in [0.2, 0.25) is 0 Å². The van der Waals surface area contributed by atoms with Gasteiger partial charge in [0.15, 0.2) is 0 Å². The lowest BCUT2D eigenvalue weighted by molar-refractivity contribution is -0.0730. The summed E-state index contributed by atoms with van der Waals surface area (Å²) in [6.45, 7) is 3.96. The quantitative estimate of drug-likeness (QED) is 0.119. The van der Waals surface area contributed by atoms with E-state index in [0.717, 1.165) is 28.2 Å². The Kier molecular flexibility index (Phi) is 12.6. The fourth-order valence-corrected chi connectivity index (χ4v) is 6.85. The summed E-state index contributed by atoms with van der Waals surface area (Å²) < 4.78 is 60.5. The summed E-state index contributed by atoms with van der Waals surface area (Å²) in [5.41, 5.74) is 1.57. The fraction of sp³-hybridized carbons (Fsp3) is 0.471. The number of hydrogen-bond acceptors (Lipinski definition) is 9. The molecule has 3 unspecified atom stereocenters. The predicted molar refractivity (Wildman–Crippen MR) is 181 cm³/mol. The van der Waals surface area contributed by atoms with Crippen molar-refractivity contribution in [3.8, 4) is 11.5 Å². The van der Waals surface area contributed by atoms with E-state index in [0.29, 0.717) is 12.8 Å². The van der Waals surface area contributed by atoms with Crippen molar-refractivity contribution in [3.05, 3.63) is 95.6 Å². The second kappa shape index (κ2) is 16.6. The number of ether oxygens (including phenoxy) is 6. The highest BCUT2D eigenvalue weighted by Gasteiger charge is 2.46. The van der Waals surface area contributed by atoms with E-state index in [1.807, 2.05) is 92.7 Å². The molecule has 0 N–H and O–H groups in total. The SMILES string of the molecule is [B][B][C@H]1CC(O[P+](=O)OC[C@H]2O[C@@H]([B])CC2OC(C)C)[C@@H](COC(c2ccccc2)(c2ccc(OC)cc2)c2ccc(OC)cc2)O1. The van der Waals surface area contributed by atoms with Gasteiger partial charge in [0, 0.05) is 24.3 Å². The third-order valence-electron chi connectivity index (χ3n) is 8.32. The molecule has 0 spiro atoms.